The lowest BCUT2D eigenvalue weighted by Crippen LogP contribution is -2.44. The fraction of sp³-hybridized carbons (Fsp3) is 0.667. The molecule has 25 heavy (non-hydrogen) atoms. The number of nitrogens with one attached hydrogen (secondary N) is 1. The summed E-state index contributed by atoms with van der Waals surface area (Å²) in [5.74, 6) is 4.73. The van der Waals surface area contributed by atoms with Gasteiger partial charge in [0.1, 0.15) is 0 Å². The average Bonchev–Trinajstić information content (AvgIpc) is 3.17. The second kappa shape index (κ2) is 6.53. The summed E-state index contributed by atoms with van der Waals surface area (Å²) in [5.41, 5.74) is 2.79. The van der Waals surface area contributed by atoms with Crippen LogP contribution in [0.2, 0.25) is 0 Å². The molecule has 2 bridgehead atoms. The first-order valence-electron chi connectivity index (χ1n) is 9.92. The van der Waals surface area contributed by atoms with E-state index in [1.54, 1.807) is 0 Å². The van der Waals surface area contributed by atoms with Crippen LogP contribution in [-0.2, 0) is 11.2 Å². The van der Waals surface area contributed by atoms with E-state index in [0.717, 1.165) is 37.5 Å². The number of hydrogen-bond acceptors (Lipinski definition) is 3. The van der Waals surface area contributed by atoms with Crippen molar-refractivity contribution in [3.63, 3.8) is 0 Å². The minimum Gasteiger partial charge on any atom is -0.349 e. The number of thioether (sulfide) groups is 2. The predicted molar refractivity (Wildman–Crippen MR) is 107 cm³/mol. The second-order valence-corrected chi connectivity index (χ2v) is 11.2. The van der Waals surface area contributed by atoms with Crippen LogP contribution in [0, 0.1) is 17.8 Å². The smallest absolute Gasteiger partial charge is 0.223 e. The monoisotopic (exact) mass is 373 g/mol. The summed E-state index contributed by atoms with van der Waals surface area (Å²) in [5, 5.41) is 3.44. The number of hydrogen-bond donors (Lipinski definition) is 1. The molecule has 5 rings (SSSR count). The Hall–Kier alpha value is -0.610. The summed E-state index contributed by atoms with van der Waals surface area (Å²) < 4.78 is 0.480. The van der Waals surface area contributed by atoms with Crippen molar-refractivity contribution in [1.82, 2.24) is 5.32 Å². The van der Waals surface area contributed by atoms with Crippen molar-refractivity contribution in [2.45, 2.75) is 55.1 Å². The Kier molecular flexibility index (Phi) is 4.32. The third-order valence-electron chi connectivity index (χ3n) is 6.94. The standard InChI is InChI=1S/C21H27NOS2/c23-20(22-19-7-3-5-14-4-1-2-6-18(14)19)15-12-16-8-9-17(13-15)21(16)24-10-11-25-21/h1-2,4,6,15-17,19H,3,5,7-13H2,(H,22,23). The Morgan fingerprint density at radius 1 is 1.04 bits per heavy atom. The maximum Gasteiger partial charge on any atom is 0.223 e. The second-order valence-electron chi connectivity index (χ2n) is 8.21. The van der Waals surface area contributed by atoms with Crippen LogP contribution >= 0.6 is 23.5 Å². The lowest BCUT2D eigenvalue weighted by molar-refractivity contribution is -0.127. The predicted octanol–water partition coefficient (Wildman–Crippen LogP) is 4.79. The van der Waals surface area contributed by atoms with Crippen molar-refractivity contribution in [2.24, 2.45) is 17.8 Å². The molecular formula is C21H27NOS2. The fourth-order valence-electron chi connectivity index (χ4n) is 5.81. The van der Waals surface area contributed by atoms with Gasteiger partial charge in [0.2, 0.25) is 5.91 Å². The molecule has 2 nitrogen and oxygen atoms in total. The molecule has 1 spiro atoms. The maximum atomic E-state index is 13.1. The van der Waals surface area contributed by atoms with E-state index in [4.69, 9.17) is 0 Å². The minimum atomic E-state index is 0.237. The van der Waals surface area contributed by atoms with E-state index in [9.17, 15) is 4.79 Å². The third kappa shape index (κ3) is 2.75. The van der Waals surface area contributed by atoms with E-state index in [-0.39, 0.29) is 12.0 Å². The zero-order chi connectivity index (χ0) is 16.9. The molecule has 4 aliphatic rings. The Morgan fingerprint density at radius 2 is 1.76 bits per heavy atom. The average molecular weight is 374 g/mol. The molecule has 134 valence electrons. The van der Waals surface area contributed by atoms with Crippen LogP contribution in [0.1, 0.15) is 55.7 Å². The van der Waals surface area contributed by atoms with Crippen molar-refractivity contribution in [3.8, 4) is 0 Å². The number of benzene rings is 1. The summed E-state index contributed by atoms with van der Waals surface area (Å²) in [4.78, 5) is 13.1. The fourth-order valence-corrected chi connectivity index (χ4v) is 9.75. The number of rotatable bonds is 2. The van der Waals surface area contributed by atoms with Crippen molar-refractivity contribution in [3.05, 3.63) is 35.4 Å². The molecule has 1 N–H and O–H groups in total. The molecule has 4 heteroatoms. The highest BCUT2D eigenvalue weighted by Crippen LogP contribution is 2.65. The van der Waals surface area contributed by atoms with Gasteiger partial charge in [-0.25, -0.2) is 0 Å². The highest BCUT2D eigenvalue weighted by atomic mass is 32.2. The number of fused-ring (bicyclic) bond motifs is 1. The van der Waals surface area contributed by atoms with Gasteiger partial charge in [-0.3, -0.25) is 4.79 Å². The molecule has 3 unspecified atom stereocenters. The molecule has 1 aromatic carbocycles. The molecule has 1 aliphatic heterocycles. The summed E-state index contributed by atoms with van der Waals surface area (Å²) >= 11 is 4.43. The summed E-state index contributed by atoms with van der Waals surface area (Å²) in [6.45, 7) is 0. The van der Waals surface area contributed by atoms with Gasteiger partial charge in [-0.15, -0.1) is 23.5 Å². The van der Waals surface area contributed by atoms with Gasteiger partial charge in [-0.2, -0.15) is 0 Å². The zero-order valence-electron chi connectivity index (χ0n) is 14.7. The first-order valence-corrected chi connectivity index (χ1v) is 11.9. The highest BCUT2D eigenvalue weighted by molar-refractivity contribution is 8.21. The van der Waals surface area contributed by atoms with Crippen LogP contribution in [0.4, 0.5) is 0 Å². The number of aryl methyl sites for hydroxylation is 1. The molecule has 1 aromatic rings. The van der Waals surface area contributed by atoms with Crippen molar-refractivity contribution < 1.29 is 4.79 Å². The van der Waals surface area contributed by atoms with Gasteiger partial charge in [-0.1, -0.05) is 24.3 Å². The molecule has 1 amide bonds. The Bertz CT molecular complexity index is 654. The molecule has 3 aliphatic carbocycles. The van der Waals surface area contributed by atoms with E-state index < -0.39 is 0 Å². The van der Waals surface area contributed by atoms with E-state index in [0.29, 0.717) is 9.99 Å². The lowest BCUT2D eigenvalue weighted by Gasteiger charge is -2.42. The molecule has 2 saturated carbocycles. The first-order chi connectivity index (χ1) is 12.3. The van der Waals surface area contributed by atoms with E-state index in [1.807, 2.05) is 0 Å². The maximum absolute atomic E-state index is 13.1. The van der Waals surface area contributed by atoms with Crippen LogP contribution in [0.3, 0.4) is 0 Å². The van der Waals surface area contributed by atoms with E-state index >= 15 is 0 Å². The number of carbonyl (C=O) groups excluding carboxylic acids is 1. The zero-order valence-corrected chi connectivity index (χ0v) is 16.3. The van der Waals surface area contributed by atoms with Crippen LogP contribution in [-0.4, -0.2) is 21.5 Å². The van der Waals surface area contributed by atoms with Gasteiger partial charge < -0.3 is 5.32 Å². The van der Waals surface area contributed by atoms with Gasteiger partial charge in [0.05, 0.1) is 10.1 Å². The normalized spacial score (nSPS) is 35.5. The van der Waals surface area contributed by atoms with Crippen molar-refractivity contribution in [1.29, 1.82) is 0 Å². The third-order valence-corrected chi connectivity index (χ3v) is 11.0. The molecular weight excluding hydrogens is 346 g/mol. The molecule has 1 saturated heterocycles. The Balaban J connectivity index is 1.29. The lowest BCUT2D eigenvalue weighted by atomic mass is 9.79. The summed E-state index contributed by atoms with van der Waals surface area (Å²) in [7, 11) is 0. The van der Waals surface area contributed by atoms with E-state index in [1.165, 1.54) is 41.9 Å². The quantitative estimate of drug-likeness (QED) is 0.808. The molecule has 0 aromatic heterocycles. The van der Waals surface area contributed by atoms with Gasteiger partial charge in [-0.05, 0) is 67.9 Å². The molecule has 0 radical (unpaired) electrons. The first kappa shape index (κ1) is 16.6. The Morgan fingerprint density at radius 3 is 2.52 bits per heavy atom. The van der Waals surface area contributed by atoms with Gasteiger partial charge >= 0.3 is 0 Å². The largest absolute Gasteiger partial charge is 0.349 e. The van der Waals surface area contributed by atoms with Crippen LogP contribution in [0.15, 0.2) is 24.3 Å². The van der Waals surface area contributed by atoms with Crippen molar-refractivity contribution in [2.75, 3.05) is 11.5 Å². The van der Waals surface area contributed by atoms with Crippen LogP contribution in [0.25, 0.3) is 0 Å². The molecule has 1 heterocycles. The van der Waals surface area contributed by atoms with Gasteiger partial charge in [0.15, 0.2) is 0 Å². The van der Waals surface area contributed by atoms with Gasteiger partial charge in [0, 0.05) is 17.4 Å². The number of amides is 1. The van der Waals surface area contributed by atoms with Crippen LogP contribution in [0.5, 0.6) is 0 Å². The molecule has 3 atom stereocenters. The van der Waals surface area contributed by atoms with E-state index in [2.05, 4.69) is 53.1 Å². The van der Waals surface area contributed by atoms with Crippen molar-refractivity contribution >= 4 is 29.4 Å². The Labute approximate surface area is 159 Å². The summed E-state index contributed by atoms with van der Waals surface area (Å²) in [6.07, 6.45) is 8.38. The topological polar surface area (TPSA) is 29.1 Å². The molecule has 3 fully saturated rings. The number of carbonyl (C=O) groups is 1. The summed E-state index contributed by atoms with van der Waals surface area (Å²) in [6, 6.07) is 8.92. The minimum absolute atomic E-state index is 0.237. The SMILES string of the molecule is O=C(NC1CCCc2ccccc21)C1CC2CCC(C1)C21SCCS1. The van der Waals surface area contributed by atoms with Crippen LogP contribution < -0.4 is 5.32 Å². The van der Waals surface area contributed by atoms with Gasteiger partial charge in [0.25, 0.3) is 0 Å². The highest BCUT2D eigenvalue weighted by Gasteiger charge is 2.57.